The van der Waals surface area contributed by atoms with E-state index in [1.807, 2.05) is 6.07 Å². The molecule has 2 heterocycles. The summed E-state index contributed by atoms with van der Waals surface area (Å²) in [7, 11) is -3.58. The number of rotatable bonds is 3. The van der Waals surface area contributed by atoms with E-state index in [1.54, 1.807) is 17.0 Å². The second-order valence-electron chi connectivity index (χ2n) is 6.21. The lowest BCUT2D eigenvalue weighted by atomic mass is 10.1. The van der Waals surface area contributed by atoms with E-state index >= 15 is 0 Å². The van der Waals surface area contributed by atoms with Crippen molar-refractivity contribution in [1.82, 2.24) is 4.31 Å². The highest BCUT2D eigenvalue weighted by molar-refractivity contribution is 7.89. The second-order valence-corrected chi connectivity index (χ2v) is 8.10. The summed E-state index contributed by atoms with van der Waals surface area (Å²) in [6.07, 6.45) is 3.45. The molecule has 1 fully saturated rings. The molecule has 2 aliphatic heterocycles. The summed E-state index contributed by atoms with van der Waals surface area (Å²) in [5.74, 6) is -0.0592. The molecule has 1 amide bonds. The van der Waals surface area contributed by atoms with Crippen LogP contribution in [-0.4, -0.2) is 44.3 Å². The number of sulfonamides is 1. The summed E-state index contributed by atoms with van der Waals surface area (Å²) in [5, 5.41) is 0. The van der Waals surface area contributed by atoms with Gasteiger partial charge in [-0.15, -0.1) is 0 Å². The SMILES string of the molecule is CC(=O)N1CCc2ccc(S(=O)(=O)N3CCCCC3CN)cc21. The van der Waals surface area contributed by atoms with Crippen molar-refractivity contribution in [2.45, 2.75) is 43.5 Å². The number of benzene rings is 1. The lowest BCUT2D eigenvalue weighted by Gasteiger charge is -2.34. The molecular formula is C16H23N3O3S. The molecule has 0 bridgehead atoms. The Labute approximate surface area is 137 Å². The average Bonchev–Trinajstić information content (AvgIpc) is 2.98. The lowest BCUT2D eigenvalue weighted by molar-refractivity contribution is -0.116. The number of fused-ring (bicyclic) bond motifs is 1. The van der Waals surface area contributed by atoms with E-state index < -0.39 is 10.0 Å². The van der Waals surface area contributed by atoms with Crippen LogP contribution < -0.4 is 10.6 Å². The first-order valence-electron chi connectivity index (χ1n) is 8.08. The van der Waals surface area contributed by atoms with Crippen molar-refractivity contribution in [3.63, 3.8) is 0 Å². The van der Waals surface area contributed by atoms with Gasteiger partial charge in [0, 0.05) is 38.3 Å². The predicted octanol–water partition coefficient (Wildman–Crippen LogP) is 1.10. The van der Waals surface area contributed by atoms with E-state index in [4.69, 9.17) is 5.73 Å². The Morgan fingerprint density at radius 2 is 2.09 bits per heavy atom. The molecule has 7 heteroatoms. The van der Waals surface area contributed by atoms with Gasteiger partial charge in [0.2, 0.25) is 15.9 Å². The van der Waals surface area contributed by atoms with Gasteiger partial charge in [0.15, 0.2) is 0 Å². The Morgan fingerprint density at radius 1 is 1.30 bits per heavy atom. The lowest BCUT2D eigenvalue weighted by Crippen LogP contribution is -2.47. The minimum atomic E-state index is -3.58. The first-order chi connectivity index (χ1) is 10.9. The van der Waals surface area contributed by atoms with Gasteiger partial charge in [0.05, 0.1) is 4.90 Å². The summed E-state index contributed by atoms with van der Waals surface area (Å²) in [6.45, 7) is 2.97. The van der Waals surface area contributed by atoms with Crippen LogP contribution in [0.5, 0.6) is 0 Å². The highest BCUT2D eigenvalue weighted by Gasteiger charge is 2.34. The van der Waals surface area contributed by atoms with Crippen molar-refractivity contribution in [1.29, 1.82) is 0 Å². The number of anilines is 1. The molecule has 0 aliphatic carbocycles. The standard InChI is InChI=1S/C16H23N3O3S/c1-12(20)18-9-7-13-5-6-15(10-16(13)18)23(21,22)19-8-3-2-4-14(19)11-17/h5-6,10,14H,2-4,7-9,11,17H2,1H3. The second kappa shape index (κ2) is 6.22. The third kappa shape index (κ3) is 2.88. The number of piperidine rings is 1. The van der Waals surface area contributed by atoms with Crippen LogP contribution in [0.1, 0.15) is 31.7 Å². The van der Waals surface area contributed by atoms with Crippen LogP contribution in [0.15, 0.2) is 23.1 Å². The molecule has 1 unspecified atom stereocenters. The number of hydrogen-bond acceptors (Lipinski definition) is 4. The van der Waals surface area contributed by atoms with Crippen molar-refractivity contribution in [3.05, 3.63) is 23.8 Å². The van der Waals surface area contributed by atoms with Crippen LogP contribution in [-0.2, 0) is 21.2 Å². The van der Waals surface area contributed by atoms with Gasteiger partial charge in [0.25, 0.3) is 0 Å². The molecule has 1 aromatic rings. The Morgan fingerprint density at radius 3 is 2.78 bits per heavy atom. The Bertz CT molecular complexity index is 717. The van der Waals surface area contributed by atoms with Crippen molar-refractivity contribution in [3.8, 4) is 0 Å². The molecule has 2 aliphatic rings. The molecule has 6 nitrogen and oxygen atoms in total. The van der Waals surface area contributed by atoms with Gasteiger partial charge in [0.1, 0.15) is 0 Å². The summed E-state index contributed by atoms with van der Waals surface area (Å²) in [4.78, 5) is 13.6. The molecule has 0 spiro atoms. The van der Waals surface area contributed by atoms with Crippen molar-refractivity contribution in [2.75, 3.05) is 24.5 Å². The number of carbonyl (C=O) groups excluding carboxylic acids is 1. The summed E-state index contributed by atoms with van der Waals surface area (Å²) in [6, 6.07) is 4.99. The van der Waals surface area contributed by atoms with Gasteiger partial charge in [-0.3, -0.25) is 4.79 Å². The molecular weight excluding hydrogens is 314 g/mol. The third-order valence-corrected chi connectivity index (χ3v) is 6.73. The fraction of sp³-hybridized carbons (Fsp3) is 0.562. The van der Waals surface area contributed by atoms with E-state index in [1.165, 1.54) is 11.2 Å². The van der Waals surface area contributed by atoms with Gasteiger partial charge >= 0.3 is 0 Å². The van der Waals surface area contributed by atoms with E-state index in [0.717, 1.165) is 36.9 Å². The van der Waals surface area contributed by atoms with Crippen LogP contribution in [0.4, 0.5) is 5.69 Å². The van der Waals surface area contributed by atoms with Crippen LogP contribution in [0.3, 0.4) is 0 Å². The average molecular weight is 337 g/mol. The topological polar surface area (TPSA) is 83.7 Å². The van der Waals surface area contributed by atoms with Gasteiger partial charge < -0.3 is 10.6 Å². The molecule has 1 aromatic carbocycles. The maximum atomic E-state index is 13.0. The molecule has 0 radical (unpaired) electrons. The van der Waals surface area contributed by atoms with E-state index in [0.29, 0.717) is 19.6 Å². The third-order valence-electron chi connectivity index (χ3n) is 4.78. The highest BCUT2D eigenvalue weighted by Crippen LogP contribution is 2.33. The van der Waals surface area contributed by atoms with Gasteiger partial charge in [-0.05, 0) is 37.0 Å². The molecule has 1 saturated heterocycles. The van der Waals surface area contributed by atoms with E-state index in [2.05, 4.69) is 0 Å². The molecule has 126 valence electrons. The largest absolute Gasteiger partial charge is 0.329 e. The van der Waals surface area contributed by atoms with Crippen LogP contribution in [0, 0.1) is 0 Å². The van der Waals surface area contributed by atoms with Gasteiger partial charge in [-0.1, -0.05) is 12.5 Å². The minimum absolute atomic E-state index is 0.0592. The Hall–Kier alpha value is -1.44. The van der Waals surface area contributed by atoms with Crippen LogP contribution in [0.25, 0.3) is 0 Å². The van der Waals surface area contributed by atoms with E-state index in [-0.39, 0.29) is 16.8 Å². The van der Waals surface area contributed by atoms with Crippen LogP contribution in [0.2, 0.25) is 0 Å². The molecule has 3 rings (SSSR count). The zero-order chi connectivity index (χ0) is 16.6. The first kappa shape index (κ1) is 16.4. The fourth-order valence-electron chi connectivity index (χ4n) is 3.51. The predicted molar refractivity (Wildman–Crippen MR) is 88.8 cm³/mol. The maximum absolute atomic E-state index is 13.0. The minimum Gasteiger partial charge on any atom is -0.329 e. The van der Waals surface area contributed by atoms with Crippen molar-refractivity contribution < 1.29 is 13.2 Å². The van der Waals surface area contributed by atoms with Crippen LogP contribution >= 0.6 is 0 Å². The highest BCUT2D eigenvalue weighted by atomic mass is 32.2. The molecule has 0 aromatic heterocycles. The quantitative estimate of drug-likeness (QED) is 0.895. The van der Waals surface area contributed by atoms with Crippen molar-refractivity contribution in [2.24, 2.45) is 5.73 Å². The smallest absolute Gasteiger partial charge is 0.243 e. The first-order valence-corrected chi connectivity index (χ1v) is 9.52. The summed E-state index contributed by atoms with van der Waals surface area (Å²) < 4.78 is 27.5. The zero-order valence-electron chi connectivity index (χ0n) is 13.4. The van der Waals surface area contributed by atoms with Gasteiger partial charge in [-0.25, -0.2) is 8.42 Å². The Kier molecular flexibility index (Phi) is 4.44. The van der Waals surface area contributed by atoms with E-state index in [9.17, 15) is 13.2 Å². The number of amides is 1. The molecule has 23 heavy (non-hydrogen) atoms. The summed E-state index contributed by atoms with van der Waals surface area (Å²) >= 11 is 0. The number of hydrogen-bond donors (Lipinski definition) is 1. The normalized spacial score (nSPS) is 22.2. The number of nitrogens with two attached hydrogens (primary N) is 1. The number of carbonyl (C=O) groups is 1. The van der Waals surface area contributed by atoms with Crippen molar-refractivity contribution >= 4 is 21.6 Å². The molecule has 1 atom stereocenters. The number of nitrogens with zero attached hydrogens (tertiary/aromatic N) is 2. The maximum Gasteiger partial charge on any atom is 0.243 e. The molecule has 2 N–H and O–H groups in total. The summed E-state index contributed by atoms with van der Waals surface area (Å²) in [5.41, 5.74) is 7.50. The fourth-order valence-corrected chi connectivity index (χ4v) is 5.23. The zero-order valence-corrected chi connectivity index (χ0v) is 14.2. The monoisotopic (exact) mass is 337 g/mol. The Balaban J connectivity index is 1.98. The molecule has 0 saturated carbocycles. The van der Waals surface area contributed by atoms with Gasteiger partial charge in [-0.2, -0.15) is 4.31 Å².